The molecule has 0 aliphatic heterocycles. The molecule has 4 rings (SSSR count). The summed E-state index contributed by atoms with van der Waals surface area (Å²) < 4.78 is 50.0. The Bertz CT molecular complexity index is 947. The molecule has 2 N–H and O–H groups in total. The lowest BCUT2D eigenvalue weighted by molar-refractivity contribution is -0.137. The number of carbonyl (C=O) groups is 1. The van der Waals surface area contributed by atoms with E-state index in [2.05, 4.69) is 0 Å². The SMILES string of the molecule is CC(C)OCCCC(=O)C12CCC(CS(=O)(=O)c3ccc(OC/C(=C/F)CN)cc3)(CC1)CC2. The number of Topliss-reactive ketones (excluding diaryl/α,β-unsaturated/α-hetero) is 1. The van der Waals surface area contributed by atoms with Crippen molar-refractivity contribution in [2.45, 2.75) is 76.2 Å². The van der Waals surface area contributed by atoms with Crippen molar-refractivity contribution in [1.82, 2.24) is 0 Å². The number of sulfone groups is 1. The number of hydrogen-bond donors (Lipinski definition) is 1. The van der Waals surface area contributed by atoms with Crippen LogP contribution in [0.15, 0.2) is 41.1 Å². The fourth-order valence-corrected chi connectivity index (χ4v) is 7.21. The van der Waals surface area contributed by atoms with Gasteiger partial charge in [0, 0.05) is 30.6 Å². The van der Waals surface area contributed by atoms with Gasteiger partial charge in [0.2, 0.25) is 0 Å². The van der Waals surface area contributed by atoms with Crippen LogP contribution in [0.25, 0.3) is 0 Å². The predicted molar refractivity (Wildman–Crippen MR) is 130 cm³/mol. The van der Waals surface area contributed by atoms with E-state index >= 15 is 0 Å². The van der Waals surface area contributed by atoms with Crippen molar-refractivity contribution >= 4 is 15.6 Å². The molecule has 0 spiro atoms. The molecule has 3 fully saturated rings. The van der Waals surface area contributed by atoms with Crippen molar-refractivity contribution in [2.75, 3.05) is 25.5 Å². The molecule has 3 saturated carbocycles. The van der Waals surface area contributed by atoms with Crippen LogP contribution in [0.5, 0.6) is 5.75 Å². The van der Waals surface area contributed by atoms with E-state index in [1.165, 1.54) is 0 Å². The summed E-state index contributed by atoms with van der Waals surface area (Å²) in [6, 6.07) is 6.26. The number of rotatable bonds is 13. The molecule has 0 radical (unpaired) electrons. The smallest absolute Gasteiger partial charge is 0.178 e. The molecule has 0 amide bonds. The second kappa shape index (κ2) is 11.3. The Morgan fingerprint density at radius 2 is 1.74 bits per heavy atom. The van der Waals surface area contributed by atoms with Crippen molar-refractivity contribution < 1.29 is 27.1 Å². The summed E-state index contributed by atoms with van der Waals surface area (Å²) >= 11 is 0. The van der Waals surface area contributed by atoms with Gasteiger partial charge in [-0.2, -0.15) is 0 Å². The molecular formula is C26H38FNO5S. The van der Waals surface area contributed by atoms with Crippen LogP contribution in [-0.4, -0.2) is 45.8 Å². The van der Waals surface area contributed by atoms with E-state index in [1.54, 1.807) is 24.3 Å². The molecule has 190 valence electrons. The minimum atomic E-state index is -3.48. The van der Waals surface area contributed by atoms with E-state index in [0.717, 1.165) is 44.9 Å². The molecule has 1 aromatic carbocycles. The van der Waals surface area contributed by atoms with E-state index in [0.29, 0.717) is 36.5 Å². The van der Waals surface area contributed by atoms with E-state index in [9.17, 15) is 17.6 Å². The maximum atomic E-state index is 13.2. The van der Waals surface area contributed by atoms with Gasteiger partial charge in [0.1, 0.15) is 18.1 Å². The summed E-state index contributed by atoms with van der Waals surface area (Å²) in [6.07, 6.45) is 6.56. The van der Waals surface area contributed by atoms with Crippen LogP contribution in [-0.2, 0) is 19.4 Å². The summed E-state index contributed by atoms with van der Waals surface area (Å²) in [4.78, 5) is 13.2. The zero-order chi connectivity index (χ0) is 24.8. The Labute approximate surface area is 203 Å². The fourth-order valence-electron chi connectivity index (χ4n) is 5.26. The molecule has 3 aliphatic carbocycles. The molecule has 0 aromatic heterocycles. The second-order valence-electron chi connectivity index (χ2n) is 10.2. The Kier molecular flexibility index (Phi) is 8.93. The van der Waals surface area contributed by atoms with Crippen molar-refractivity contribution in [3.63, 3.8) is 0 Å². The van der Waals surface area contributed by atoms with Crippen LogP contribution in [0.2, 0.25) is 0 Å². The van der Waals surface area contributed by atoms with E-state index < -0.39 is 9.84 Å². The van der Waals surface area contributed by atoms with Gasteiger partial charge in [0.25, 0.3) is 0 Å². The molecule has 0 saturated heterocycles. The number of ether oxygens (including phenoxy) is 2. The van der Waals surface area contributed by atoms with Gasteiger partial charge in [0.05, 0.1) is 23.1 Å². The van der Waals surface area contributed by atoms with Crippen LogP contribution in [0.3, 0.4) is 0 Å². The minimum Gasteiger partial charge on any atom is -0.489 e. The highest BCUT2D eigenvalue weighted by atomic mass is 32.2. The Balaban J connectivity index is 1.56. The van der Waals surface area contributed by atoms with Gasteiger partial charge in [-0.05, 0) is 88.5 Å². The average molecular weight is 496 g/mol. The number of benzene rings is 1. The van der Waals surface area contributed by atoms with Crippen molar-refractivity contribution in [1.29, 1.82) is 0 Å². The normalized spacial score (nSPS) is 25.0. The van der Waals surface area contributed by atoms with Gasteiger partial charge in [-0.1, -0.05) is 0 Å². The van der Waals surface area contributed by atoms with Crippen molar-refractivity contribution in [3.8, 4) is 5.75 Å². The first-order valence-electron chi connectivity index (χ1n) is 12.2. The highest BCUT2D eigenvalue weighted by Gasteiger charge is 2.52. The number of fused-ring (bicyclic) bond motifs is 3. The number of halogens is 1. The third kappa shape index (κ3) is 6.46. The molecule has 34 heavy (non-hydrogen) atoms. The summed E-state index contributed by atoms with van der Waals surface area (Å²) in [5.41, 5.74) is 5.22. The molecule has 1 aromatic rings. The standard InChI is InChI=1S/C26H38FNO5S/c1-20(2)32-15-3-4-24(29)26-12-9-25(10-13-26,11-14-26)19-34(30,31)23-7-5-22(6-8-23)33-18-21(16-27)17-28/h5-8,16,20H,3-4,9-15,17-19,28H2,1-2H3/b21-16+. The topological polar surface area (TPSA) is 95.7 Å². The average Bonchev–Trinajstić information content (AvgIpc) is 2.83. The van der Waals surface area contributed by atoms with Crippen LogP contribution >= 0.6 is 0 Å². The largest absolute Gasteiger partial charge is 0.489 e. The van der Waals surface area contributed by atoms with E-state index in [1.807, 2.05) is 13.8 Å². The van der Waals surface area contributed by atoms with Crippen molar-refractivity contribution in [3.05, 3.63) is 36.2 Å². The molecule has 0 atom stereocenters. The van der Waals surface area contributed by atoms with Gasteiger partial charge in [-0.15, -0.1) is 0 Å². The van der Waals surface area contributed by atoms with Crippen molar-refractivity contribution in [2.24, 2.45) is 16.6 Å². The zero-order valence-corrected chi connectivity index (χ0v) is 21.2. The summed E-state index contributed by atoms with van der Waals surface area (Å²) in [5.74, 6) is 0.892. The molecule has 0 unspecified atom stereocenters. The Morgan fingerprint density at radius 3 is 2.26 bits per heavy atom. The van der Waals surface area contributed by atoms with Gasteiger partial charge in [-0.3, -0.25) is 4.79 Å². The first kappa shape index (κ1) is 26.8. The van der Waals surface area contributed by atoms with Crippen LogP contribution in [0.1, 0.15) is 65.2 Å². The highest BCUT2D eigenvalue weighted by molar-refractivity contribution is 7.91. The number of carbonyl (C=O) groups excluding carboxylic acids is 1. The third-order valence-electron chi connectivity index (χ3n) is 7.51. The first-order chi connectivity index (χ1) is 16.1. The van der Waals surface area contributed by atoms with Gasteiger partial charge in [-0.25, -0.2) is 12.8 Å². The number of ketones is 1. The lowest BCUT2D eigenvalue weighted by atomic mass is 9.53. The number of nitrogens with two attached hydrogens (primary N) is 1. The first-order valence-corrected chi connectivity index (χ1v) is 13.9. The molecule has 3 aliphatic rings. The summed E-state index contributed by atoms with van der Waals surface area (Å²) in [6.45, 7) is 4.66. The lowest BCUT2D eigenvalue weighted by Gasteiger charge is -2.52. The van der Waals surface area contributed by atoms with Crippen LogP contribution in [0.4, 0.5) is 4.39 Å². The van der Waals surface area contributed by atoms with E-state index in [-0.39, 0.29) is 40.7 Å². The minimum absolute atomic E-state index is 0.0213. The lowest BCUT2D eigenvalue weighted by Crippen LogP contribution is -2.48. The number of hydrogen-bond acceptors (Lipinski definition) is 6. The predicted octanol–water partition coefficient (Wildman–Crippen LogP) is 4.77. The highest BCUT2D eigenvalue weighted by Crippen LogP contribution is 2.58. The Hall–Kier alpha value is -1.77. The fraction of sp³-hybridized carbons (Fsp3) is 0.654. The maximum absolute atomic E-state index is 13.2. The molecule has 2 bridgehead atoms. The van der Waals surface area contributed by atoms with Gasteiger partial charge >= 0.3 is 0 Å². The summed E-state index contributed by atoms with van der Waals surface area (Å²) in [7, 11) is -3.48. The van der Waals surface area contributed by atoms with Gasteiger partial charge < -0.3 is 15.2 Å². The monoisotopic (exact) mass is 495 g/mol. The summed E-state index contributed by atoms with van der Waals surface area (Å²) in [5, 5.41) is 0. The molecule has 8 heteroatoms. The quantitative estimate of drug-likeness (QED) is 0.396. The maximum Gasteiger partial charge on any atom is 0.178 e. The Morgan fingerprint density at radius 1 is 1.12 bits per heavy atom. The molecule has 0 heterocycles. The zero-order valence-electron chi connectivity index (χ0n) is 20.4. The van der Waals surface area contributed by atoms with E-state index in [4.69, 9.17) is 15.2 Å². The third-order valence-corrected chi connectivity index (χ3v) is 9.50. The van der Waals surface area contributed by atoms with Gasteiger partial charge in [0.15, 0.2) is 9.84 Å². The molecule has 6 nitrogen and oxygen atoms in total. The van der Waals surface area contributed by atoms with Crippen LogP contribution < -0.4 is 10.5 Å². The molecular weight excluding hydrogens is 457 g/mol. The second-order valence-corrected chi connectivity index (χ2v) is 12.2. The van der Waals surface area contributed by atoms with Crippen LogP contribution in [0, 0.1) is 10.8 Å².